The van der Waals surface area contributed by atoms with Crippen LogP contribution in [0, 0.1) is 6.92 Å². The molecule has 6 heteroatoms. The maximum Gasteiger partial charge on any atom is 0.498 e. The lowest BCUT2D eigenvalue weighted by atomic mass is 9.76. The number of hydrogen-bond acceptors (Lipinski definition) is 5. The molecule has 24 heavy (non-hydrogen) atoms. The summed E-state index contributed by atoms with van der Waals surface area (Å²) in [6.07, 6.45) is 3.92. The number of unbranched alkanes of at least 4 members (excludes halogenated alkanes) is 1. The normalized spacial score (nSPS) is 19.6. The number of furan rings is 1. The Morgan fingerprint density at radius 3 is 2.33 bits per heavy atom. The lowest BCUT2D eigenvalue weighted by molar-refractivity contribution is 0.00578. The summed E-state index contributed by atoms with van der Waals surface area (Å²) in [5.41, 5.74) is 0.367. The van der Waals surface area contributed by atoms with Gasteiger partial charge in [-0.25, -0.2) is 4.79 Å². The van der Waals surface area contributed by atoms with Crippen molar-refractivity contribution in [2.24, 2.45) is 0 Å². The summed E-state index contributed by atoms with van der Waals surface area (Å²) < 4.78 is 22.9. The number of rotatable bonds is 5. The molecule has 2 heterocycles. The van der Waals surface area contributed by atoms with E-state index >= 15 is 0 Å². The lowest BCUT2D eigenvalue weighted by Gasteiger charge is -2.32. The molecule has 0 N–H and O–H groups in total. The maximum atomic E-state index is 11.8. The van der Waals surface area contributed by atoms with Crippen LogP contribution in [0.1, 0.15) is 69.3 Å². The minimum atomic E-state index is -0.530. The number of ether oxygens (including phenoxy) is 1. The Kier molecular flexibility index (Phi) is 5.30. The second kappa shape index (κ2) is 6.77. The minimum Gasteiger partial charge on any atom is -0.465 e. The second-order valence-electron chi connectivity index (χ2n) is 7.11. The summed E-state index contributed by atoms with van der Waals surface area (Å²) >= 11 is 0. The standard InChI is InChI=1S/C18H27BO5/c1-8-9-10-14(19-23-17(3,4)18(5,6)24-19)15-11-13(12(2)22-15)16(20)21-7/h10-11H,8-9H2,1-7H3/b14-10-. The molecule has 2 rings (SSSR count). The highest BCUT2D eigenvalue weighted by atomic mass is 16.7. The quantitative estimate of drug-likeness (QED) is 0.597. The molecule has 0 bridgehead atoms. The molecule has 0 aliphatic carbocycles. The van der Waals surface area contributed by atoms with Gasteiger partial charge in [0.05, 0.1) is 18.3 Å². The van der Waals surface area contributed by atoms with Gasteiger partial charge in [0.25, 0.3) is 0 Å². The van der Waals surface area contributed by atoms with E-state index in [1.54, 1.807) is 13.0 Å². The molecular formula is C18H27BO5. The number of hydrogen-bond donors (Lipinski definition) is 0. The third-order valence-corrected chi connectivity index (χ3v) is 4.77. The topological polar surface area (TPSA) is 57.9 Å². The average Bonchev–Trinajstić information content (AvgIpc) is 2.96. The third kappa shape index (κ3) is 3.45. The van der Waals surface area contributed by atoms with Crippen LogP contribution in [0.3, 0.4) is 0 Å². The van der Waals surface area contributed by atoms with Gasteiger partial charge in [-0.05, 0) is 47.1 Å². The molecule has 0 amide bonds. The first-order valence-corrected chi connectivity index (χ1v) is 8.37. The van der Waals surface area contributed by atoms with Gasteiger partial charge in [-0.2, -0.15) is 0 Å². The number of esters is 1. The van der Waals surface area contributed by atoms with Crippen molar-refractivity contribution < 1.29 is 23.3 Å². The Hall–Kier alpha value is -1.53. The first-order valence-electron chi connectivity index (χ1n) is 8.37. The summed E-state index contributed by atoms with van der Waals surface area (Å²) in [5, 5.41) is 0. The van der Waals surface area contributed by atoms with Gasteiger partial charge >= 0.3 is 13.1 Å². The van der Waals surface area contributed by atoms with Crippen LogP contribution in [-0.4, -0.2) is 31.4 Å². The predicted molar refractivity (Wildman–Crippen MR) is 93.8 cm³/mol. The maximum absolute atomic E-state index is 11.8. The van der Waals surface area contributed by atoms with Gasteiger partial charge in [-0.15, -0.1) is 0 Å². The van der Waals surface area contributed by atoms with E-state index in [0.717, 1.165) is 18.3 Å². The fourth-order valence-corrected chi connectivity index (χ4v) is 2.52. The molecule has 1 aromatic heterocycles. The molecule has 0 atom stereocenters. The van der Waals surface area contributed by atoms with Gasteiger partial charge < -0.3 is 18.5 Å². The van der Waals surface area contributed by atoms with Crippen molar-refractivity contribution in [3.8, 4) is 0 Å². The van der Waals surface area contributed by atoms with Gasteiger partial charge in [-0.3, -0.25) is 0 Å². The molecule has 0 spiro atoms. The van der Waals surface area contributed by atoms with Crippen molar-refractivity contribution in [2.45, 2.75) is 65.6 Å². The Bertz CT molecular complexity index is 626. The zero-order valence-electron chi connectivity index (χ0n) is 15.7. The Morgan fingerprint density at radius 2 is 1.83 bits per heavy atom. The Labute approximate surface area is 144 Å². The average molecular weight is 334 g/mol. The molecule has 0 saturated carbocycles. The van der Waals surface area contributed by atoms with Crippen LogP contribution in [0.25, 0.3) is 5.47 Å². The number of allylic oxidation sites excluding steroid dienone is 1. The van der Waals surface area contributed by atoms with Crippen molar-refractivity contribution >= 4 is 18.6 Å². The van der Waals surface area contributed by atoms with Crippen LogP contribution in [0.4, 0.5) is 0 Å². The van der Waals surface area contributed by atoms with Crippen LogP contribution < -0.4 is 0 Å². The smallest absolute Gasteiger partial charge is 0.465 e. The Morgan fingerprint density at radius 1 is 1.25 bits per heavy atom. The van der Waals surface area contributed by atoms with Crippen molar-refractivity contribution in [1.82, 2.24) is 0 Å². The fourth-order valence-electron chi connectivity index (χ4n) is 2.52. The van der Waals surface area contributed by atoms with E-state index in [1.165, 1.54) is 7.11 Å². The minimum absolute atomic E-state index is 0.411. The van der Waals surface area contributed by atoms with Crippen LogP contribution in [0.15, 0.2) is 16.6 Å². The number of carbonyl (C=O) groups is 1. The Balaban J connectivity index is 2.40. The van der Waals surface area contributed by atoms with E-state index in [-0.39, 0.29) is 0 Å². The van der Waals surface area contributed by atoms with Crippen molar-refractivity contribution in [3.63, 3.8) is 0 Å². The number of carbonyl (C=O) groups excluding carboxylic acids is 1. The molecule has 1 saturated heterocycles. The van der Waals surface area contributed by atoms with Crippen molar-refractivity contribution in [2.75, 3.05) is 7.11 Å². The van der Waals surface area contributed by atoms with Gasteiger partial charge in [0.1, 0.15) is 17.1 Å². The highest BCUT2D eigenvalue weighted by Crippen LogP contribution is 2.41. The number of aryl methyl sites for hydroxylation is 1. The van der Waals surface area contributed by atoms with E-state index in [1.807, 2.05) is 27.7 Å². The fraction of sp³-hybridized carbons (Fsp3) is 0.611. The van der Waals surface area contributed by atoms with E-state index < -0.39 is 24.3 Å². The van der Waals surface area contributed by atoms with Gasteiger partial charge in [-0.1, -0.05) is 19.4 Å². The van der Waals surface area contributed by atoms with Gasteiger partial charge in [0.2, 0.25) is 0 Å². The summed E-state index contributed by atoms with van der Waals surface area (Å²) in [5.74, 6) is 0.696. The third-order valence-electron chi connectivity index (χ3n) is 4.77. The SMILES string of the molecule is CCC/C=C(\B1OC(C)(C)C(C)(C)O1)c1cc(C(=O)OC)c(C)o1. The summed E-state index contributed by atoms with van der Waals surface area (Å²) in [7, 11) is 0.828. The molecular weight excluding hydrogens is 307 g/mol. The molecule has 1 fully saturated rings. The van der Waals surface area contributed by atoms with E-state index in [0.29, 0.717) is 17.1 Å². The highest BCUT2D eigenvalue weighted by molar-refractivity contribution is 6.68. The molecule has 5 nitrogen and oxygen atoms in total. The summed E-state index contributed by atoms with van der Waals surface area (Å²) in [6, 6.07) is 1.70. The second-order valence-corrected chi connectivity index (χ2v) is 7.11. The van der Waals surface area contributed by atoms with Crippen molar-refractivity contribution in [3.05, 3.63) is 29.2 Å². The first kappa shape index (κ1) is 18.8. The molecule has 1 aromatic rings. The predicted octanol–water partition coefficient (Wildman–Crippen LogP) is 4.19. The van der Waals surface area contributed by atoms with E-state index in [2.05, 4.69) is 13.0 Å². The molecule has 1 aliphatic rings. The van der Waals surface area contributed by atoms with Crippen LogP contribution in [0.5, 0.6) is 0 Å². The highest BCUT2D eigenvalue weighted by Gasteiger charge is 2.53. The van der Waals surface area contributed by atoms with E-state index in [9.17, 15) is 4.79 Å². The van der Waals surface area contributed by atoms with Crippen LogP contribution >= 0.6 is 0 Å². The molecule has 0 unspecified atom stereocenters. The molecule has 132 valence electrons. The van der Waals surface area contributed by atoms with Gasteiger partial charge in [0.15, 0.2) is 0 Å². The van der Waals surface area contributed by atoms with E-state index in [4.69, 9.17) is 18.5 Å². The molecule has 1 aliphatic heterocycles. The zero-order valence-corrected chi connectivity index (χ0v) is 15.7. The number of methoxy groups -OCH3 is 1. The summed E-state index contributed by atoms with van der Waals surface area (Å²) in [6.45, 7) is 11.9. The van der Waals surface area contributed by atoms with Crippen LogP contribution in [-0.2, 0) is 14.0 Å². The van der Waals surface area contributed by atoms with Gasteiger partial charge in [0, 0.05) is 5.47 Å². The zero-order chi connectivity index (χ0) is 18.1. The first-order chi connectivity index (χ1) is 11.1. The van der Waals surface area contributed by atoms with Crippen molar-refractivity contribution in [1.29, 1.82) is 0 Å². The largest absolute Gasteiger partial charge is 0.498 e. The molecule has 0 aromatic carbocycles. The monoisotopic (exact) mass is 334 g/mol. The summed E-state index contributed by atoms with van der Waals surface area (Å²) in [4.78, 5) is 11.8. The lowest BCUT2D eigenvalue weighted by Crippen LogP contribution is -2.41. The van der Waals surface area contributed by atoms with Crippen LogP contribution in [0.2, 0.25) is 0 Å². The molecule has 0 radical (unpaired) electrons.